The Morgan fingerprint density at radius 2 is 1.33 bits per heavy atom. The van der Waals surface area contributed by atoms with Gasteiger partial charge >= 0.3 is 29.7 Å². The van der Waals surface area contributed by atoms with E-state index in [4.69, 9.17) is 28.1 Å². The van der Waals surface area contributed by atoms with Gasteiger partial charge in [-0.15, -0.1) is 0 Å². The van der Waals surface area contributed by atoms with Crippen molar-refractivity contribution in [3.63, 3.8) is 0 Å². The molecule has 1 heterocycles. The third-order valence-electron chi connectivity index (χ3n) is 8.20. The van der Waals surface area contributed by atoms with Crippen molar-refractivity contribution in [2.45, 2.75) is 111 Å². The average Bonchev–Trinajstić information content (AvgIpc) is 3.51. The van der Waals surface area contributed by atoms with Gasteiger partial charge in [0.15, 0.2) is 0 Å². The number of carbonyl (C=O) groups excluding carboxylic acids is 4. The Balaban J connectivity index is 1.27. The summed E-state index contributed by atoms with van der Waals surface area (Å²) in [5.74, 6) is -2.91. The number of hydrogen-bond acceptors (Lipinski definition) is 10. The molecule has 0 saturated carbocycles. The smallest absolute Gasteiger partial charge is 0.392 e. The van der Waals surface area contributed by atoms with E-state index in [1.807, 2.05) is 36.4 Å². The summed E-state index contributed by atoms with van der Waals surface area (Å²) in [5.41, 5.74) is 2.16. The Morgan fingerprint density at radius 1 is 0.755 bits per heavy atom. The summed E-state index contributed by atoms with van der Waals surface area (Å²) in [6, 6.07) is 15.1. The van der Waals surface area contributed by atoms with Gasteiger partial charge in [-0.3, -0.25) is 9.59 Å². The number of ether oxygens (including phenoxy) is 5. The van der Waals surface area contributed by atoms with Gasteiger partial charge in [0.2, 0.25) is 0 Å². The second-order valence-corrected chi connectivity index (χ2v) is 12.6. The molecule has 268 valence electrons. The largest absolute Gasteiger partial charge is 0.493 e. The first-order valence-electron chi connectivity index (χ1n) is 17.5. The number of esters is 4. The van der Waals surface area contributed by atoms with Gasteiger partial charge in [0.1, 0.15) is 17.1 Å². The van der Waals surface area contributed by atoms with Crippen LogP contribution in [0.2, 0.25) is 0 Å². The third kappa shape index (κ3) is 13.2. The fraction of sp³-hybridized carbons (Fsp3) is 0.538. The Labute approximate surface area is 289 Å². The monoisotopic (exact) mass is 680 g/mol. The van der Waals surface area contributed by atoms with Gasteiger partial charge in [-0.05, 0) is 49.1 Å². The molecule has 0 spiro atoms. The Bertz CT molecular complexity index is 1470. The van der Waals surface area contributed by atoms with E-state index in [2.05, 4.69) is 13.8 Å². The van der Waals surface area contributed by atoms with Crippen molar-refractivity contribution in [3.05, 3.63) is 54.1 Å². The first-order chi connectivity index (χ1) is 23.5. The van der Waals surface area contributed by atoms with E-state index >= 15 is 0 Å². The van der Waals surface area contributed by atoms with Gasteiger partial charge in [0.25, 0.3) is 0 Å². The van der Waals surface area contributed by atoms with Crippen LogP contribution in [0.15, 0.2) is 52.9 Å². The molecule has 10 heteroatoms. The quantitative estimate of drug-likeness (QED) is 0.0439. The van der Waals surface area contributed by atoms with Crippen molar-refractivity contribution < 1.29 is 47.3 Å². The summed E-state index contributed by atoms with van der Waals surface area (Å²) in [4.78, 5) is 47.2. The highest BCUT2D eigenvalue weighted by Crippen LogP contribution is 2.34. The van der Waals surface area contributed by atoms with E-state index in [1.54, 1.807) is 12.1 Å². The molecule has 0 aliphatic carbocycles. The second kappa shape index (κ2) is 20.2. The molecule has 0 saturated heterocycles. The van der Waals surface area contributed by atoms with E-state index in [1.165, 1.54) is 19.8 Å². The normalized spacial score (nSPS) is 11.9. The van der Waals surface area contributed by atoms with Crippen LogP contribution in [-0.2, 0) is 33.3 Å². The SMILES string of the molecule is CCC(C)COC(=O)c1ccc(-c2cc3c(OCCCCCCCCCCCCOC(=O)C(C)(OC(C)=O)OC(C)=O)cccc3o2)cc1. The maximum atomic E-state index is 12.3. The van der Waals surface area contributed by atoms with Gasteiger partial charge < -0.3 is 28.1 Å². The lowest BCUT2D eigenvalue weighted by atomic mass is 10.1. The fourth-order valence-electron chi connectivity index (χ4n) is 5.24. The molecule has 3 rings (SSSR count). The number of furan rings is 1. The summed E-state index contributed by atoms with van der Waals surface area (Å²) >= 11 is 0. The third-order valence-corrected chi connectivity index (χ3v) is 8.20. The van der Waals surface area contributed by atoms with Crippen LogP contribution in [0.25, 0.3) is 22.3 Å². The molecule has 0 fully saturated rings. The molecule has 10 nitrogen and oxygen atoms in total. The fourth-order valence-corrected chi connectivity index (χ4v) is 5.24. The number of rotatable bonds is 22. The maximum Gasteiger partial charge on any atom is 0.392 e. The predicted octanol–water partition coefficient (Wildman–Crippen LogP) is 8.97. The molecule has 2 aromatic carbocycles. The van der Waals surface area contributed by atoms with Gasteiger partial charge in [-0.2, -0.15) is 0 Å². The highest BCUT2D eigenvalue weighted by Gasteiger charge is 2.42. The molecular formula is C39H52O10. The lowest BCUT2D eigenvalue weighted by molar-refractivity contribution is -0.232. The lowest BCUT2D eigenvalue weighted by Gasteiger charge is -2.25. The highest BCUT2D eigenvalue weighted by atomic mass is 16.8. The molecule has 1 aromatic heterocycles. The Hall–Kier alpha value is -4.34. The molecular weight excluding hydrogens is 628 g/mol. The molecule has 1 atom stereocenters. The van der Waals surface area contributed by atoms with Crippen LogP contribution in [0.5, 0.6) is 5.75 Å². The topological polar surface area (TPSA) is 128 Å². The van der Waals surface area contributed by atoms with Crippen LogP contribution >= 0.6 is 0 Å². The number of benzene rings is 2. The van der Waals surface area contributed by atoms with Crippen LogP contribution in [0, 0.1) is 5.92 Å². The van der Waals surface area contributed by atoms with Crippen molar-refractivity contribution in [1.82, 2.24) is 0 Å². The number of hydrogen-bond donors (Lipinski definition) is 0. The van der Waals surface area contributed by atoms with E-state index in [0.29, 0.717) is 36.9 Å². The van der Waals surface area contributed by atoms with Crippen LogP contribution in [-0.4, -0.2) is 49.5 Å². The van der Waals surface area contributed by atoms with Crippen molar-refractivity contribution in [2.75, 3.05) is 19.8 Å². The molecule has 0 N–H and O–H groups in total. The molecule has 0 aliphatic rings. The lowest BCUT2D eigenvalue weighted by Crippen LogP contribution is -2.45. The minimum absolute atomic E-state index is 0.168. The van der Waals surface area contributed by atoms with Crippen molar-refractivity contribution in [1.29, 1.82) is 0 Å². The standard InChI is InChI=1S/C39H52O10/c1-6-28(2)27-46-37(42)32-22-20-31(21-23-32)36-26-33-34(18-17-19-35(33)47-36)44-24-15-13-11-9-7-8-10-12-14-16-25-45-38(43)39(5,48-29(3)40)49-30(4)41/h17-23,26,28H,6-16,24-25,27H2,1-5H3. The molecule has 0 amide bonds. The van der Waals surface area contributed by atoms with E-state index in [-0.39, 0.29) is 12.6 Å². The van der Waals surface area contributed by atoms with Crippen LogP contribution in [0.3, 0.4) is 0 Å². The summed E-state index contributed by atoms with van der Waals surface area (Å²) < 4.78 is 32.6. The van der Waals surface area contributed by atoms with Crippen molar-refractivity contribution in [2.24, 2.45) is 5.92 Å². The molecule has 49 heavy (non-hydrogen) atoms. The predicted molar refractivity (Wildman–Crippen MR) is 186 cm³/mol. The zero-order chi connectivity index (χ0) is 35.6. The Morgan fingerprint density at radius 3 is 1.90 bits per heavy atom. The number of fused-ring (bicyclic) bond motifs is 1. The molecule has 0 bridgehead atoms. The summed E-state index contributed by atoms with van der Waals surface area (Å²) in [5, 5.41) is 0.926. The summed E-state index contributed by atoms with van der Waals surface area (Å²) in [7, 11) is 0. The zero-order valence-electron chi connectivity index (χ0n) is 29.7. The van der Waals surface area contributed by atoms with Crippen LogP contribution in [0.4, 0.5) is 0 Å². The van der Waals surface area contributed by atoms with E-state index in [9.17, 15) is 19.2 Å². The average molecular weight is 681 g/mol. The maximum absolute atomic E-state index is 12.3. The minimum Gasteiger partial charge on any atom is -0.493 e. The zero-order valence-corrected chi connectivity index (χ0v) is 29.7. The van der Waals surface area contributed by atoms with Gasteiger partial charge in [-0.25, -0.2) is 9.59 Å². The first kappa shape index (κ1) is 39.1. The molecule has 1 unspecified atom stereocenters. The van der Waals surface area contributed by atoms with Crippen molar-refractivity contribution in [3.8, 4) is 17.1 Å². The first-order valence-corrected chi connectivity index (χ1v) is 17.5. The van der Waals surface area contributed by atoms with E-state index < -0.39 is 23.7 Å². The van der Waals surface area contributed by atoms with Crippen LogP contribution < -0.4 is 4.74 Å². The van der Waals surface area contributed by atoms with Crippen LogP contribution in [0.1, 0.15) is 116 Å². The Kier molecular flexibility index (Phi) is 16.1. The second-order valence-electron chi connectivity index (χ2n) is 12.6. The van der Waals surface area contributed by atoms with E-state index in [0.717, 1.165) is 87.5 Å². The minimum atomic E-state index is -2.07. The summed E-state index contributed by atoms with van der Waals surface area (Å²) in [6.07, 6.45) is 11.4. The molecule has 3 aromatic rings. The molecule has 0 radical (unpaired) electrons. The number of carbonyl (C=O) groups is 4. The van der Waals surface area contributed by atoms with Gasteiger partial charge in [-0.1, -0.05) is 89.8 Å². The van der Waals surface area contributed by atoms with Crippen molar-refractivity contribution >= 4 is 34.8 Å². The summed E-state index contributed by atoms with van der Waals surface area (Å²) in [6.45, 7) is 8.81. The van der Waals surface area contributed by atoms with Gasteiger partial charge in [0, 0.05) is 26.3 Å². The van der Waals surface area contributed by atoms with Gasteiger partial charge in [0.05, 0.1) is 30.8 Å². The molecule has 0 aliphatic heterocycles. The highest BCUT2D eigenvalue weighted by molar-refractivity contribution is 5.91. The number of unbranched alkanes of at least 4 members (excludes halogenated alkanes) is 9.